The summed E-state index contributed by atoms with van der Waals surface area (Å²) in [6.07, 6.45) is 1.90. The molecule has 1 amide bonds. The fourth-order valence-electron chi connectivity index (χ4n) is 2.98. The number of carbonyl (C=O) groups excluding carboxylic acids is 1. The van der Waals surface area contributed by atoms with Crippen LogP contribution in [0.5, 0.6) is 0 Å². The highest BCUT2D eigenvalue weighted by Gasteiger charge is 2.18. The van der Waals surface area contributed by atoms with Gasteiger partial charge in [0.05, 0.1) is 22.3 Å². The summed E-state index contributed by atoms with van der Waals surface area (Å²) in [6.45, 7) is 0.515. The van der Waals surface area contributed by atoms with Crippen molar-refractivity contribution in [1.29, 1.82) is 0 Å². The molecule has 0 unspecified atom stereocenters. The van der Waals surface area contributed by atoms with Gasteiger partial charge in [0.2, 0.25) is 0 Å². The molecule has 0 fully saturated rings. The van der Waals surface area contributed by atoms with Crippen molar-refractivity contribution < 1.29 is 4.79 Å². The highest BCUT2D eigenvalue weighted by molar-refractivity contribution is 7.18. The Bertz CT molecular complexity index is 1010. The fraction of sp³-hybridized carbons (Fsp3) is 0.158. The molecule has 2 aromatic carbocycles. The molecule has 4 nitrogen and oxygen atoms in total. The number of nitrogens with zero attached hydrogens (tertiary/aromatic N) is 3. The number of thiazole rings is 1. The van der Waals surface area contributed by atoms with Crippen LogP contribution in [-0.4, -0.2) is 27.4 Å². The van der Waals surface area contributed by atoms with Gasteiger partial charge in [0.15, 0.2) is 0 Å². The minimum Gasteiger partial charge on any atom is -0.350 e. The molecule has 5 heteroatoms. The molecule has 0 saturated heterocycles. The minimum atomic E-state index is 0.0195. The quantitative estimate of drug-likeness (QED) is 0.566. The Hall–Kier alpha value is -2.66. The van der Waals surface area contributed by atoms with E-state index in [1.165, 1.54) is 0 Å². The van der Waals surface area contributed by atoms with Gasteiger partial charge in [-0.2, -0.15) is 0 Å². The first-order chi connectivity index (χ1) is 11.6. The third kappa shape index (κ3) is 2.47. The van der Waals surface area contributed by atoms with Gasteiger partial charge < -0.3 is 9.47 Å². The van der Waals surface area contributed by atoms with E-state index in [4.69, 9.17) is 0 Å². The number of aryl methyl sites for hydroxylation is 1. The van der Waals surface area contributed by atoms with Crippen LogP contribution in [0.4, 0.5) is 0 Å². The molecule has 0 aliphatic rings. The monoisotopic (exact) mass is 335 g/mol. The number of benzene rings is 2. The molecule has 0 atom stereocenters. The summed E-state index contributed by atoms with van der Waals surface area (Å²) in [6, 6.07) is 16.0. The molecule has 0 radical (unpaired) electrons. The molecule has 0 aliphatic heterocycles. The zero-order chi connectivity index (χ0) is 16.7. The smallest absolute Gasteiger partial charge is 0.256 e. The maximum atomic E-state index is 12.9. The van der Waals surface area contributed by atoms with Crippen LogP contribution in [0.1, 0.15) is 15.4 Å². The maximum Gasteiger partial charge on any atom is 0.256 e. The topological polar surface area (TPSA) is 38.1 Å². The molecule has 0 saturated carbocycles. The number of para-hydroxylation sites is 2. The lowest BCUT2D eigenvalue weighted by Gasteiger charge is -2.15. The van der Waals surface area contributed by atoms with E-state index in [0.717, 1.165) is 31.7 Å². The van der Waals surface area contributed by atoms with E-state index >= 15 is 0 Å². The number of amides is 1. The number of aromatic nitrogens is 2. The van der Waals surface area contributed by atoms with Crippen LogP contribution in [0, 0.1) is 0 Å². The highest BCUT2D eigenvalue weighted by Crippen LogP contribution is 2.25. The van der Waals surface area contributed by atoms with Crippen molar-refractivity contribution in [3.05, 3.63) is 65.3 Å². The van der Waals surface area contributed by atoms with Crippen molar-refractivity contribution in [2.75, 3.05) is 7.05 Å². The van der Waals surface area contributed by atoms with Crippen LogP contribution < -0.4 is 0 Å². The normalized spacial score (nSPS) is 11.2. The molecule has 0 aliphatic carbocycles. The van der Waals surface area contributed by atoms with Crippen LogP contribution in [0.25, 0.3) is 21.1 Å². The van der Waals surface area contributed by atoms with Gasteiger partial charge >= 0.3 is 0 Å². The Morgan fingerprint density at radius 2 is 1.92 bits per heavy atom. The van der Waals surface area contributed by atoms with Gasteiger partial charge in [-0.25, -0.2) is 4.98 Å². The lowest BCUT2D eigenvalue weighted by molar-refractivity contribution is 0.0787. The summed E-state index contributed by atoms with van der Waals surface area (Å²) >= 11 is 1.64. The summed E-state index contributed by atoms with van der Waals surface area (Å²) in [5.74, 6) is 0.0195. The first-order valence-corrected chi connectivity index (χ1v) is 8.59. The molecule has 2 aromatic heterocycles. The number of hydrogen-bond acceptors (Lipinski definition) is 3. The average Bonchev–Trinajstić information content (AvgIpc) is 3.15. The Labute approximate surface area is 144 Å². The van der Waals surface area contributed by atoms with E-state index in [1.54, 1.807) is 16.2 Å². The molecule has 4 rings (SSSR count). The van der Waals surface area contributed by atoms with E-state index in [-0.39, 0.29) is 5.91 Å². The van der Waals surface area contributed by atoms with Crippen LogP contribution in [0.2, 0.25) is 0 Å². The second-order valence-corrected chi connectivity index (χ2v) is 7.02. The van der Waals surface area contributed by atoms with Gasteiger partial charge in [0, 0.05) is 31.2 Å². The van der Waals surface area contributed by atoms with Crippen LogP contribution in [-0.2, 0) is 13.6 Å². The zero-order valence-electron chi connectivity index (χ0n) is 13.6. The Morgan fingerprint density at radius 1 is 1.17 bits per heavy atom. The second kappa shape index (κ2) is 5.76. The molecule has 0 spiro atoms. The van der Waals surface area contributed by atoms with Gasteiger partial charge in [-0.15, -0.1) is 11.3 Å². The predicted octanol–water partition coefficient (Wildman–Crippen LogP) is 4.06. The van der Waals surface area contributed by atoms with Crippen molar-refractivity contribution in [2.24, 2.45) is 7.05 Å². The number of fused-ring (bicyclic) bond motifs is 2. The van der Waals surface area contributed by atoms with Crippen molar-refractivity contribution in [3.8, 4) is 0 Å². The van der Waals surface area contributed by atoms with Gasteiger partial charge in [-0.05, 0) is 18.2 Å². The predicted molar refractivity (Wildman–Crippen MR) is 98.3 cm³/mol. The van der Waals surface area contributed by atoms with Crippen molar-refractivity contribution in [1.82, 2.24) is 14.5 Å². The summed E-state index contributed by atoms with van der Waals surface area (Å²) in [5, 5.41) is 1.94. The number of carbonyl (C=O) groups is 1. The summed E-state index contributed by atoms with van der Waals surface area (Å²) in [5.41, 5.74) is 2.79. The van der Waals surface area contributed by atoms with Crippen LogP contribution >= 0.6 is 11.3 Å². The third-order valence-corrected chi connectivity index (χ3v) is 5.21. The first-order valence-electron chi connectivity index (χ1n) is 7.77. The number of hydrogen-bond donors (Lipinski definition) is 0. The molecular weight excluding hydrogens is 318 g/mol. The van der Waals surface area contributed by atoms with Crippen LogP contribution in [0.15, 0.2) is 54.7 Å². The van der Waals surface area contributed by atoms with E-state index < -0.39 is 0 Å². The van der Waals surface area contributed by atoms with Gasteiger partial charge in [-0.3, -0.25) is 4.79 Å². The largest absolute Gasteiger partial charge is 0.350 e. The van der Waals surface area contributed by atoms with Crippen LogP contribution in [0.3, 0.4) is 0 Å². The minimum absolute atomic E-state index is 0.0195. The second-order valence-electron chi connectivity index (χ2n) is 5.91. The SMILES string of the molecule is CN(Cc1nc2ccccc2s1)C(=O)c1cn(C)c2ccccc12. The molecule has 0 N–H and O–H groups in total. The Morgan fingerprint density at radius 3 is 2.75 bits per heavy atom. The Balaban J connectivity index is 1.63. The van der Waals surface area contributed by atoms with E-state index in [9.17, 15) is 4.79 Å². The number of rotatable bonds is 3. The summed E-state index contributed by atoms with van der Waals surface area (Å²) in [7, 11) is 3.79. The van der Waals surface area contributed by atoms with Crippen molar-refractivity contribution in [2.45, 2.75) is 6.54 Å². The fourth-order valence-corrected chi connectivity index (χ4v) is 4.00. The van der Waals surface area contributed by atoms with E-state index in [2.05, 4.69) is 11.1 Å². The molecule has 120 valence electrons. The highest BCUT2D eigenvalue weighted by atomic mass is 32.1. The van der Waals surface area contributed by atoms with Gasteiger partial charge in [0.25, 0.3) is 5.91 Å². The molecule has 0 bridgehead atoms. The summed E-state index contributed by atoms with van der Waals surface area (Å²) < 4.78 is 3.15. The molecule has 4 aromatic rings. The Kier molecular flexibility index (Phi) is 3.58. The summed E-state index contributed by atoms with van der Waals surface area (Å²) in [4.78, 5) is 19.2. The third-order valence-electron chi connectivity index (χ3n) is 4.18. The average molecular weight is 335 g/mol. The maximum absolute atomic E-state index is 12.9. The van der Waals surface area contributed by atoms with E-state index in [1.807, 2.05) is 67.3 Å². The van der Waals surface area contributed by atoms with Gasteiger partial charge in [-0.1, -0.05) is 30.3 Å². The lowest BCUT2D eigenvalue weighted by Crippen LogP contribution is -2.26. The van der Waals surface area contributed by atoms with Crippen molar-refractivity contribution in [3.63, 3.8) is 0 Å². The standard InChI is InChI=1S/C19H17N3OS/c1-21-11-14(13-7-3-5-9-16(13)21)19(23)22(2)12-18-20-15-8-4-6-10-17(15)24-18/h3-11H,12H2,1-2H3. The lowest BCUT2D eigenvalue weighted by atomic mass is 10.1. The zero-order valence-corrected chi connectivity index (χ0v) is 14.4. The molecule has 24 heavy (non-hydrogen) atoms. The van der Waals surface area contributed by atoms with Gasteiger partial charge in [0.1, 0.15) is 5.01 Å². The van der Waals surface area contributed by atoms with E-state index in [0.29, 0.717) is 6.54 Å². The first kappa shape index (κ1) is 14.9. The van der Waals surface area contributed by atoms with Crippen molar-refractivity contribution >= 4 is 38.4 Å². The molecular formula is C19H17N3OS. The molecule has 2 heterocycles.